The van der Waals surface area contributed by atoms with E-state index in [0.29, 0.717) is 36.8 Å². The molecule has 1 N–H and O–H groups in total. The molecule has 0 atom stereocenters. The summed E-state index contributed by atoms with van der Waals surface area (Å²) in [5.74, 6) is 0.587. The number of piperidine rings is 1. The number of benzene rings is 2. The van der Waals surface area contributed by atoms with E-state index < -0.39 is 10.0 Å². The average molecular weight is 469 g/mol. The molecule has 1 aliphatic rings. The largest absolute Gasteiger partial charge is 0.339 e. The predicted molar refractivity (Wildman–Crippen MR) is 125 cm³/mol. The van der Waals surface area contributed by atoms with E-state index in [2.05, 4.69) is 15.5 Å². The van der Waals surface area contributed by atoms with E-state index >= 15 is 0 Å². The zero-order valence-electron chi connectivity index (χ0n) is 18.9. The number of hydrogen-bond donors (Lipinski definition) is 1. The molecule has 3 aromatic rings. The van der Waals surface area contributed by atoms with E-state index in [1.54, 1.807) is 28.6 Å². The first-order valence-corrected chi connectivity index (χ1v) is 12.6. The molecule has 2 aromatic carbocycles. The summed E-state index contributed by atoms with van der Waals surface area (Å²) < 4.78 is 32.4. The number of carbonyl (C=O) groups is 1. The zero-order valence-corrected chi connectivity index (χ0v) is 19.7. The monoisotopic (exact) mass is 468 g/mol. The molecule has 4 rings (SSSR count). The van der Waals surface area contributed by atoms with Gasteiger partial charge in [0.2, 0.25) is 27.6 Å². The predicted octanol–water partition coefficient (Wildman–Crippen LogP) is 4.10. The standard InChI is InChI=1S/C24H28N4O4S/c1-17-6-7-18(2)21(16-17)25-22(29)12-13-23-26-24(27-32-23)19-8-10-20(11-9-19)33(30,31)28-14-4-3-5-15-28/h6-11,16H,3-5,12-15H2,1-2H3,(H,25,29). The number of amides is 1. The first-order valence-electron chi connectivity index (χ1n) is 11.1. The Balaban J connectivity index is 1.37. The Morgan fingerprint density at radius 1 is 1.06 bits per heavy atom. The molecule has 2 heterocycles. The lowest BCUT2D eigenvalue weighted by Crippen LogP contribution is -2.35. The molecular formula is C24H28N4O4S. The SMILES string of the molecule is Cc1ccc(C)c(NC(=O)CCc2nc(-c3ccc(S(=O)(=O)N4CCCCC4)cc3)no2)c1. The number of sulfonamides is 1. The minimum Gasteiger partial charge on any atom is -0.339 e. The van der Waals surface area contributed by atoms with E-state index in [-0.39, 0.29) is 17.2 Å². The second-order valence-corrected chi connectivity index (χ2v) is 10.3. The fourth-order valence-corrected chi connectivity index (χ4v) is 5.32. The molecule has 9 heteroatoms. The van der Waals surface area contributed by atoms with Crippen LogP contribution in [0.1, 0.15) is 42.7 Å². The van der Waals surface area contributed by atoms with Crippen molar-refractivity contribution in [3.63, 3.8) is 0 Å². The number of nitrogens with one attached hydrogen (secondary N) is 1. The van der Waals surface area contributed by atoms with Crippen LogP contribution in [0.25, 0.3) is 11.4 Å². The van der Waals surface area contributed by atoms with E-state index in [9.17, 15) is 13.2 Å². The van der Waals surface area contributed by atoms with Crippen molar-refractivity contribution in [2.24, 2.45) is 0 Å². The minimum absolute atomic E-state index is 0.129. The van der Waals surface area contributed by atoms with Crippen LogP contribution in [0.2, 0.25) is 0 Å². The van der Waals surface area contributed by atoms with Crippen LogP contribution in [0, 0.1) is 13.8 Å². The highest BCUT2D eigenvalue weighted by atomic mass is 32.2. The van der Waals surface area contributed by atoms with Crippen molar-refractivity contribution in [3.8, 4) is 11.4 Å². The van der Waals surface area contributed by atoms with Gasteiger partial charge in [-0.25, -0.2) is 8.42 Å². The molecule has 0 radical (unpaired) electrons. The third kappa shape index (κ3) is 5.48. The molecule has 1 saturated heterocycles. The summed E-state index contributed by atoms with van der Waals surface area (Å²) in [5.41, 5.74) is 3.53. The fraction of sp³-hybridized carbons (Fsp3) is 0.375. The molecule has 1 aromatic heterocycles. The molecule has 0 bridgehead atoms. The number of carbonyl (C=O) groups excluding carboxylic acids is 1. The van der Waals surface area contributed by atoms with Gasteiger partial charge in [-0.2, -0.15) is 9.29 Å². The Hall–Kier alpha value is -3.04. The fourth-order valence-electron chi connectivity index (χ4n) is 3.81. The Morgan fingerprint density at radius 3 is 2.52 bits per heavy atom. The van der Waals surface area contributed by atoms with Crippen molar-refractivity contribution in [1.29, 1.82) is 0 Å². The second kappa shape index (κ2) is 9.84. The highest BCUT2D eigenvalue weighted by Crippen LogP contribution is 2.24. The highest BCUT2D eigenvalue weighted by Gasteiger charge is 2.26. The van der Waals surface area contributed by atoms with Crippen LogP contribution in [0.4, 0.5) is 5.69 Å². The summed E-state index contributed by atoms with van der Waals surface area (Å²) in [4.78, 5) is 16.9. The van der Waals surface area contributed by atoms with Gasteiger partial charge in [0, 0.05) is 37.2 Å². The molecule has 174 valence electrons. The van der Waals surface area contributed by atoms with Crippen molar-refractivity contribution in [1.82, 2.24) is 14.4 Å². The lowest BCUT2D eigenvalue weighted by Gasteiger charge is -2.25. The van der Waals surface area contributed by atoms with Gasteiger partial charge in [0.15, 0.2) is 0 Å². The number of anilines is 1. The van der Waals surface area contributed by atoms with Crippen LogP contribution in [0.3, 0.4) is 0 Å². The smallest absolute Gasteiger partial charge is 0.243 e. The maximum absolute atomic E-state index is 12.8. The number of aryl methyl sites for hydroxylation is 3. The summed E-state index contributed by atoms with van der Waals surface area (Å²) >= 11 is 0. The van der Waals surface area contributed by atoms with Crippen LogP contribution < -0.4 is 5.32 Å². The summed E-state index contributed by atoms with van der Waals surface area (Å²) in [7, 11) is -3.48. The van der Waals surface area contributed by atoms with E-state index in [0.717, 1.165) is 36.1 Å². The number of rotatable bonds is 7. The molecule has 1 amide bonds. The topological polar surface area (TPSA) is 105 Å². The van der Waals surface area contributed by atoms with Gasteiger partial charge in [-0.15, -0.1) is 0 Å². The van der Waals surface area contributed by atoms with Gasteiger partial charge in [0.25, 0.3) is 0 Å². The van der Waals surface area contributed by atoms with Crippen molar-refractivity contribution in [2.45, 2.75) is 50.8 Å². The van der Waals surface area contributed by atoms with Gasteiger partial charge < -0.3 is 9.84 Å². The Morgan fingerprint density at radius 2 is 1.79 bits per heavy atom. The van der Waals surface area contributed by atoms with Crippen LogP contribution >= 0.6 is 0 Å². The normalized spacial score (nSPS) is 14.8. The summed E-state index contributed by atoms with van der Waals surface area (Å²) in [6.45, 7) is 5.05. The van der Waals surface area contributed by atoms with Crippen LogP contribution in [0.15, 0.2) is 51.9 Å². The molecule has 1 fully saturated rings. The van der Waals surface area contributed by atoms with E-state index in [1.807, 2.05) is 32.0 Å². The molecule has 0 saturated carbocycles. The van der Waals surface area contributed by atoms with Gasteiger partial charge in [-0.3, -0.25) is 4.79 Å². The van der Waals surface area contributed by atoms with Gasteiger partial charge in [0.1, 0.15) is 0 Å². The lowest BCUT2D eigenvalue weighted by atomic mass is 10.1. The average Bonchev–Trinajstić information content (AvgIpc) is 3.30. The Labute approximate surface area is 194 Å². The second-order valence-electron chi connectivity index (χ2n) is 8.37. The zero-order chi connectivity index (χ0) is 23.4. The third-order valence-electron chi connectivity index (χ3n) is 5.77. The van der Waals surface area contributed by atoms with Crippen LogP contribution in [-0.4, -0.2) is 41.9 Å². The van der Waals surface area contributed by atoms with Gasteiger partial charge in [0.05, 0.1) is 4.90 Å². The molecule has 0 aliphatic carbocycles. The molecule has 1 aliphatic heterocycles. The maximum atomic E-state index is 12.8. The summed E-state index contributed by atoms with van der Waals surface area (Å²) in [5, 5.41) is 6.90. The minimum atomic E-state index is -3.48. The maximum Gasteiger partial charge on any atom is 0.243 e. The molecule has 0 unspecified atom stereocenters. The first-order chi connectivity index (χ1) is 15.8. The number of aromatic nitrogens is 2. The Bertz CT molecular complexity index is 1230. The number of nitrogens with zero attached hydrogens (tertiary/aromatic N) is 3. The lowest BCUT2D eigenvalue weighted by molar-refractivity contribution is -0.116. The van der Waals surface area contributed by atoms with Crippen molar-refractivity contribution in [3.05, 3.63) is 59.5 Å². The van der Waals surface area contributed by atoms with E-state index in [4.69, 9.17) is 4.52 Å². The molecular weight excluding hydrogens is 440 g/mol. The molecule has 0 spiro atoms. The Kier molecular flexibility index (Phi) is 6.90. The summed E-state index contributed by atoms with van der Waals surface area (Å²) in [6.07, 6.45) is 3.38. The van der Waals surface area contributed by atoms with Crippen molar-refractivity contribution in [2.75, 3.05) is 18.4 Å². The quantitative estimate of drug-likeness (QED) is 0.560. The molecule has 33 heavy (non-hydrogen) atoms. The first kappa shape index (κ1) is 23.1. The van der Waals surface area contributed by atoms with Crippen molar-refractivity contribution < 1.29 is 17.7 Å². The van der Waals surface area contributed by atoms with Gasteiger partial charge in [-0.05, 0) is 68.1 Å². The highest BCUT2D eigenvalue weighted by molar-refractivity contribution is 7.89. The van der Waals surface area contributed by atoms with Crippen LogP contribution in [-0.2, 0) is 21.2 Å². The number of hydrogen-bond acceptors (Lipinski definition) is 6. The van der Waals surface area contributed by atoms with Gasteiger partial charge in [-0.1, -0.05) is 23.7 Å². The molecule has 8 nitrogen and oxygen atoms in total. The summed E-state index contributed by atoms with van der Waals surface area (Å²) in [6, 6.07) is 12.4. The third-order valence-corrected chi connectivity index (χ3v) is 7.68. The van der Waals surface area contributed by atoms with Crippen molar-refractivity contribution >= 4 is 21.6 Å². The van der Waals surface area contributed by atoms with Gasteiger partial charge >= 0.3 is 0 Å². The van der Waals surface area contributed by atoms with Crippen LogP contribution in [0.5, 0.6) is 0 Å². The van der Waals surface area contributed by atoms with E-state index in [1.165, 1.54) is 0 Å².